The van der Waals surface area contributed by atoms with E-state index in [1.165, 1.54) is 11.8 Å². The average molecular weight is 344 g/mol. The molecule has 1 amide bonds. The van der Waals surface area contributed by atoms with Gasteiger partial charge in [0.05, 0.1) is 10.1 Å². The molecule has 0 aliphatic rings. The minimum absolute atomic E-state index is 0.0265. The Morgan fingerprint density at radius 3 is 2.87 bits per heavy atom. The summed E-state index contributed by atoms with van der Waals surface area (Å²) >= 11 is 2.94. The first kappa shape index (κ1) is 15.8. The van der Waals surface area contributed by atoms with Gasteiger partial charge in [-0.15, -0.1) is 16.4 Å². The number of hydrogen-bond donors (Lipinski definition) is 2. The zero-order valence-electron chi connectivity index (χ0n) is 12.5. The largest absolute Gasteiger partial charge is 0.351 e. The predicted octanol–water partition coefficient (Wildman–Crippen LogP) is 3.33. The van der Waals surface area contributed by atoms with Gasteiger partial charge in [-0.1, -0.05) is 48.2 Å². The summed E-state index contributed by atoms with van der Waals surface area (Å²) < 4.78 is 0. The number of carbonyl (C=O) groups is 1. The number of carbonyl (C=O) groups excluding carboxylic acids is 1. The zero-order valence-corrected chi connectivity index (χ0v) is 14.2. The van der Waals surface area contributed by atoms with Crippen molar-refractivity contribution in [3.05, 3.63) is 53.4 Å². The van der Waals surface area contributed by atoms with Gasteiger partial charge >= 0.3 is 0 Å². The Morgan fingerprint density at radius 1 is 1.30 bits per heavy atom. The first-order chi connectivity index (χ1) is 11.2. The maximum absolute atomic E-state index is 12.2. The molecule has 2 heterocycles. The van der Waals surface area contributed by atoms with Crippen LogP contribution in [0, 0.1) is 0 Å². The second kappa shape index (κ2) is 7.43. The Morgan fingerprint density at radius 2 is 2.13 bits per heavy atom. The van der Waals surface area contributed by atoms with Crippen molar-refractivity contribution < 1.29 is 4.79 Å². The highest BCUT2D eigenvalue weighted by atomic mass is 32.2. The highest BCUT2D eigenvalue weighted by Crippen LogP contribution is 2.25. The summed E-state index contributed by atoms with van der Waals surface area (Å²) in [5.74, 6) is 0.709. The highest BCUT2D eigenvalue weighted by Gasteiger charge is 2.17. The van der Waals surface area contributed by atoms with E-state index in [0.29, 0.717) is 11.7 Å². The molecular formula is C16H16N4OS2. The number of aromatic nitrogens is 3. The van der Waals surface area contributed by atoms with Crippen molar-refractivity contribution in [2.75, 3.05) is 0 Å². The molecule has 3 aromatic rings. The van der Waals surface area contributed by atoms with Crippen LogP contribution in [0.2, 0.25) is 0 Å². The van der Waals surface area contributed by atoms with Gasteiger partial charge < -0.3 is 5.32 Å². The summed E-state index contributed by atoms with van der Waals surface area (Å²) in [5.41, 5.74) is 1.08. The monoisotopic (exact) mass is 344 g/mol. The molecule has 0 saturated carbocycles. The van der Waals surface area contributed by atoms with Gasteiger partial charge in [-0.2, -0.15) is 0 Å². The summed E-state index contributed by atoms with van der Waals surface area (Å²) in [6.45, 7) is 2.38. The molecule has 0 bridgehead atoms. The van der Waals surface area contributed by atoms with Crippen LogP contribution in [-0.2, 0) is 11.3 Å². The molecule has 5 nitrogen and oxygen atoms in total. The van der Waals surface area contributed by atoms with E-state index in [-0.39, 0.29) is 11.2 Å². The average Bonchev–Trinajstić information content (AvgIpc) is 3.24. The summed E-state index contributed by atoms with van der Waals surface area (Å²) in [5, 5.41) is 12.3. The van der Waals surface area contributed by atoms with Gasteiger partial charge in [-0.3, -0.25) is 9.89 Å². The van der Waals surface area contributed by atoms with E-state index in [4.69, 9.17) is 0 Å². The van der Waals surface area contributed by atoms with Crippen molar-refractivity contribution >= 4 is 29.0 Å². The lowest BCUT2D eigenvalue weighted by Crippen LogP contribution is -2.30. The molecule has 0 spiro atoms. The van der Waals surface area contributed by atoms with E-state index < -0.39 is 0 Å². The number of amides is 1. The van der Waals surface area contributed by atoms with E-state index in [1.54, 1.807) is 11.3 Å². The van der Waals surface area contributed by atoms with Crippen LogP contribution in [0.25, 0.3) is 10.7 Å². The molecule has 1 aromatic carbocycles. The fourth-order valence-corrected chi connectivity index (χ4v) is 3.38. The van der Waals surface area contributed by atoms with E-state index in [0.717, 1.165) is 16.3 Å². The van der Waals surface area contributed by atoms with Crippen molar-refractivity contribution in [1.82, 2.24) is 20.5 Å². The molecule has 7 heteroatoms. The van der Waals surface area contributed by atoms with Crippen LogP contribution in [0.5, 0.6) is 0 Å². The van der Waals surface area contributed by atoms with Crippen molar-refractivity contribution in [3.8, 4) is 10.7 Å². The van der Waals surface area contributed by atoms with E-state index in [9.17, 15) is 4.79 Å². The summed E-state index contributed by atoms with van der Waals surface area (Å²) in [7, 11) is 0. The Kier molecular flexibility index (Phi) is 5.09. The Labute approximate surface area is 142 Å². The number of hydrogen-bond acceptors (Lipinski definition) is 5. The number of aromatic amines is 1. The minimum Gasteiger partial charge on any atom is -0.351 e. The van der Waals surface area contributed by atoms with Gasteiger partial charge in [0.25, 0.3) is 0 Å². The Bertz CT molecular complexity index is 756. The maximum atomic E-state index is 12.2. The lowest BCUT2D eigenvalue weighted by Gasteiger charge is -2.10. The molecular weight excluding hydrogens is 328 g/mol. The summed E-state index contributed by atoms with van der Waals surface area (Å²) in [6.07, 6.45) is 0. The molecule has 0 saturated heterocycles. The molecule has 0 fully saturated rings. The minimum atomic E-state index is -0.259. The topological polar surface area (TPSA) is 70.7 Å². The molecule has 2 N–H and O–H groups in total. The predicted molar refractivity (Wildman–Crippen MR) is 93.3 cm³/mol. The third kappa shape index (κ3) is 4.20. The second-order valence-electron chi connectivity index (χ2n) is 4.91. The van der Waals surface area contributed by atoms with Crippen LogP contribution in [0.3, 0.4) is 0 Å². The van der Waals surface area contributed by atoms with E-state index >= 15 is 0 Å². The van der Waals surface area contributed by atoms with Crippen LogP contribution in [0.15, 0.2) is 53.0 Å². The number of thiophene rings is 1. The number of H-pyrrole nitrogens is 1. The molecule has 1 atom stereocenters. The lowest BCUT2D eigenvalue weighted by atomic mass is 10.2. The molecule has 3 rings (SSSR count). The standard InChI is InChI=1S/C16H16N4OS2/c1-11(15(21)17-10-12-6-3-2-4-7-12)23-16-18-14(19-20-16)13-8-5-9-22-13/h2-9,11H,10H2,1H3,(H,17,21)(H,18,19,20). The van der Waals surface area contributed by atoms with Crippen LogP contribution >= 0.6 is 23.1 Å². The molecule has 1 unspecified atom stereocenters. The fourth-order valence-electron chi connectivity index (χ4n) is 1.96. The van der Waals surface area contributed by atoms with Gasteiger partial charge in [0.2, 0.25) is 11.1 Å². The first-order valence-corrected chi connectivity index (χ1v) is 8.93. The number of rotatable bonds is 6. The maximum Gasteiger partial charge on any atom is 0.233 e. The Balaban J connectivity index is 1.54. The normalized spacial score (nSPS) is 12.0. The molecule has 118 valence electrons. The molecule has 0 aliphatic heterocycles. The molecule has 0 radical (unpaired) electrons. The van der Waals surface area contributed by atoms with Crippen LogP contribution in [0.4, 0.5) is 0 Å². The van der Waals surface area contributed by atoms with Crippen molar-refractivity contribution in [2.45, 2.75) is 23.9 Å². The lowest BCUT2D eigenvalue weighted by molar-refractivity contribution is -0.120. The van der Waals surface area contributed by atoms with Gasteiger partial charge in [0.1, 0.15) is 0 Å². The van der Waals surface area contributed by atoms with Gasteiger partial charge in [0.15, 0.2) is 5.82 Å². The van der Waals surface area contributed by atoms with Crippen LogP contribution < -0.4 is 5.32 Å². The molecule has 0 aliphatic carbocycles. The molecule has 23 heavy (non-hydrogen) atoms. The number of thioether (sulfide) groups is 1. The van der Waals surface area contributed by atoms with Crippen molar-refractivity contribution in [1.29, 1.82) is 0 Å². The quantitative estimate of drug-likeness (QED) is 0.673. The van der Waals surface area contributed by atoms with E-state index in [1.807, 2.05) is 54.8 Å². The smallest absolute Gasteiger partial charge is 0.233 e. The van der Waals surface area contributed by atoms with Gasteiger partial charge in [0, 0.05) is 6.54 Å². The summed E-state index contributed by atoms with van der Waals surface area (Å²) in [4.78, 5) is 17.6. The van der Waals surface area contributed by atoms with E-state index in [2.05, 4.69) is 20.5 Å². The highest BCUT2D eigenvalue weighted by molar-refractivity contribution is 8.00. The number of nitrogens with one attached hydrogen (secondary N) is 2. The third-order valence-electron chi connectivity index (χ3n) is 3.18. The van der Waals surface area contributed by atoms with Crippen LogP contribution in [0.1, 0.15) is 12.5 Å². The SMILES string of the molecule is CC(Sc1n[nH]c(-c2cccs2)n1)C(=O)NCc1ccccc1. The van der Waals surface area contributed by atoms with Crippen molar-refractivity contribution in [3.63, 3.8) is 0 Å². The number of benzene rings is 1. The van der Waals surface area contributed by atoms with Crippen LogP contribution in [-0.4, -0.2) is 26.3 Å². The second-order valence-corrected chi connectivity index (χ2v) is 7.16. The van der Waals surface area contributed by atoms with Crippen molar-refractivity contribution in [2.24, 2.45) is 0 Å². The number of nitrogens with zero attached hydrogens (tertiary/aromatic N) is 2. The Hall–Kier alpha value is -2.12. The molecule has 2 aromatic heterocycles. The zero-order chi connectivity index (χ0) is 16.1. The first-order valence-electron chi connectivity index (χ1n) is 7.17. The van der Waals surface area contributed by atoms with Gasteiger partial charge in [-0.25, -0.2) is 4.98 Å². The fraction of sp³-hybridized carbons (Fsp3) is 0.188. The summed E-state index contributed by atoms with van der Waals surface area (Å²) in [6, 6.07) is 13.8. The third-order valence-corrected chi connectivity index (χ3v) is 5.02. The van der Waals surface area contributed by atoms with Gasteiger partial charge in [-0.05, 0) is 23.9 Å².